The van der Waals surface area contributed by atoms with Gasteiger partial charge in [0.15, 0.2) is 0 Å². The molecule has 1 aromatic carbocycles. The lowest BCUT2D eigenvalue weighted by molar-refractivity contribution is 0.0697. The van der Waals surface area contributed by atoms with Crippen molar-refractivity contribution in [2.75, 3.05) is 5.73 Å². The molecule has 0 amide bonds. The van der Waals surface area contributed by atoms with Crippen molar-refractivity contribution in [1.82, 2.24) is 9.97 Å². The third-order valence-electron chi connectivity index (χ3n) is 3.14. The van der Waals surface area contributed by atoms with Crippen LogP contribution in [0.4, 0.5) is 10.1 Å². The maximum Gasteiger partial charge on any atom is 0.337 e. The third-order valence-corrected chi connectivity index (χ3v) is 3.14. The van der Waals surface area contributed by atoms with Crippen LogP contribution in [0.15, 0.2) is 48.8 Å². The first-order valence-corrected chi connectivity index (χ1v) is 6.64. The van der Waals surface area contributed by atoms with Crippen LogP contribution in [0.5, 0.6) is 11.5 Å². The fourth-order valence-corrected chi connectivity index (χ4v) is 2.00. The number of nitrogen functional groups attached to an aromatic ring is 1. The molecule has 116 valence electrons. The number of nitrogens with two attached hydrogens (primary N) is 1. The normalized spacial score (nSPS) is 10.5. The van der Waals surface area contributed by atoms with Gasteiger partial charge in [0, 0.05) is 24.5 Å². The summed E-state index contributed by atoms with van der Waals surface area (Å²) >= 11 is 0. The maximum absolute atomic E-state index is 13.4. The number of aromatic nitrogens is 2. The molecule has 0 fully saturated rings. The van der Waals surface area contributed by atoms with Gasteiger partial charge in [0.25, 0.3) is 0 Å². The number of hydrogen-bond acceptors (Lipinski definition) is 4. The van der Waals surface area contributed by atoms with Gasteiger partial charge in [-0.1, -0.05) is 0 Å². The summed E-state index contributed by atoms with van der Waals surface area (Å²) in [6, 6.07) is 8.85. The van der Waals surface area contributed by atoms with E-state index in [4.69, 9.17) is 15.6 Å². The standard InChI is InChI=1S/C16H12FN3O3/c17-12-6-10(1-2-13(12)18)23-11-3-4-19-15(7-11)14-5-9(8-20-14)16(21)22/h1-8,20H,18H2,(H,21,22). The summed E-state index contributed by atoms with van der Waals surface area (Å²) in [5.74, 6) is -0.860. The molecule has 2 heterocycles. The average molecular weight is 313 g/mol. The summed E-state index contributed by atoms with van der Waals surface area (Å²) < 4.78 is 19.0. The molecule has 0 unspecified atom stereocenters. The zero-order valence-corrected chi connectivity index (χ0v) is 11.8. The summed E-state index contributed by atoms with van der Waals surface area (Å²) in [5.41, 5.74) is 6.64. The number of aromatic amines is 1. The summed E-state index contributed by atoms with van der Waals surface area (Å²) in [4.78, 5) is 17.9. The molecule has 0 radical (unpaired) electrons. The van der Waals surface area contributed by atoms with E-state index in [2.05, 4.69) is 9.97 Å². The number of rotatable bonds is 4. The number of nitrogens with zero attached hydrogens (tertiary/aromatic N) is 1. The number of pyridine rings is 1. The molecule has 0 spiro atoms. The smallest absolute Gasteiger partial charge is 0.337 e. The zero-order chi connectivity index (χ0) is 16.4. The molecule has 0 bridgehead atoms. The molecule has 0 aliphatic carbocycles. The molecule has 0 saturated carbocycles. The highest BCUT2D eigenvalue weighted by Gasteiger charge is 2.10. The van der Waals surface area contributed by atoms with E-state index < -0.39 is 11.8 Å². The highest BCUT2D eigenvalue weighted by atomic mass is 19.1. The predicted molar refractivity (Wildman–Crippen MR) is 81.9 cm³/mol. The largest absolute Gasteiger partial charge is 0.478 e. The van der Waals surface area contributed by atoms with Crippen molar-refractivity contribution >= 4 is 11.7 Å². The lowest BCUT2D eigenvalue weighted by Gasteiger charge is -2.07. The van der Waals surface area contributed by atoms with Gasteiger partial charge in [-0.2, -0.15) is 0 Å². The first-order chi connectivity index (χ1) is 11.0. The maximum atomic E-state index is 13.4. The quantitative estimate of drug-likeness (QED) is 0.642. The van der Waals surface area contributed by atoms with Crippen molar-refractivity contribution in [3.8, 4) is 22.9 Å². The van der Waals surface area contributed by atoms with Gasteiger partial charge in [0.05, 0.1) is 22.6 Å². The number of nitrogens with one attached hydrogen (secondary N) is 1. The number of aromatic carboxylic acids is 1. The molecule has 0 aliphatic rings. The fraction of sp³-hybridized carbons (Fsp3) is 0. The van der Waals surface area contributed by atoms with Crippen LogP contribution in [0.3, 0.4) is 0 Å². The van der Waals surface area contributed by atoms with Gasteiger partial charge in [-0.15, -0.1) is 0 Å². The summed E-state index contributed by atoms with van der Waals surface area (Å²) in [6.07, 6.45) is 2.89. The van der Waals surface area contributed by atoms with Crippen LogP contribution in [0.1, 0.15) is 10.4 Å². The molecule has 7 heteroatoms. The second-order valence-corrected chi connectivity index (χ2v) is 4.77. The SMILES string of the molecule is Nc1ccc(Oc2ccnc(-c3cc(C(=O)O)c[nH]3)c2)cc1F. The van der Waals surface area contributed by atoms with Gasteiger partial charge in [-0.05, 0) is 24.3 Å². The number of benzene rings is 1. The van der Waals surface area contributed by atoms with E-state index in [-0.39, 0.29) is 11.3 Å². The molecular formula is C16H12FN3O3. The van der Waals surface area contributed by atoms with Crippen molar-refractivity contribution in [2.45, 2.75) is 0 Å². The number of hydrogen-bond donors (Lipinski definition) is 3. The molecule has 0 atom stereocenters. The lowest BCUT2D eigenvalue weighted by atomic mass is 10.2. The van der Waals surface area contributed by atoms with Crippen LogP contribution in [0, 0.1) is 5.82 Å². The number of halogens is 1. The fourth-order valence-electron chi connectivity index (χ4n) is 2.00. The minimum absolute atomic E-state index is 0.0420. The molecule has 4 N–H and O–H groups in total. The van der Waals surface area contributed by atoms with E-state index in [1.807, 2.05) is 0 Å². The van der Waals surface area contributed by atoms with Gasteiger partial charge >= 0.3 is 5.97 Å². The predicted octanol–water partition coefficient (Wildman–Crippen LogP) is 3.29. The zero-order valence-electron chi connectivity index (χ0n) is 11.8. The Labute approximate surface area is 130 Å². The van der Waals surface area contributed by atoms with E-state index >= 15 is 0 Å². The Balaban J connectivity index is 1.86. The van der Waals surface area contributed by atoms with Crippen molar-refractivity contribution in [2.24, 2.45) is 0 Å². The van der Waals surface area contributed by atoms with Crippen molar-refractivity contribution in [3.05, 3.63) is 60.2 Å². The van der Waals surface area contributed by atoms with E-state index in [1.165, 1.54) is 30.6 Å². The number of ether oxygens (including phenoxy) is 1. The Bertz CT molecular complexity index is 877. The number of H-pyrrole nitrogens is 1. The number of carboxylic acid groups (broad SMARTS) is 1. The Morgan fingerprint density at radius 1 is 1.22 bits per heavy atom. The van der Waals surface area contributed by atoms with Gasteiger partial charge in [-0.3, -0.25) is 4.98 Å². The monoisotopic (exact) mass is 313 g/mol. The second-order valence-electron chi connectivity index (χ2n) is 4.77. The van der Waals surface area contributed by atoms with Crippen molar-refractivity contribution < 1.29 is 19.0 Å². The molecule has 3 rings (SSSR count). The van der Waals surface area contributed by atoms with Crippen LogP contribution >= 0.6 is 0 Å². The Kier molecular flexibility index (Phi) is 3.68. The topological polar surface area (TPSA) is 101 Å². The second kappa shape index (κ2) is 5.80. The summed E-state index contributed by atoms with van der Waals surface area (Å²) in [6.45, 7) is 0. The summed E-state index contributed by atoms with van der Waals surface area (Å²) in [7, 11) is 0. The van der Waals surface area contributed by atoms with E-state index in [0.29, 0.717) is 22.9 Å². The number of anilines is 1. The first kappa shape index (κ1) is 14.6. The minimum Gasteiger partial charge on any atom is -0.478 e. The van der Waals surface area contributed by atoms with Gasteiger partial charge in [0.2, 0.25) is 0 Å². The lowest BCUT2D eigenvalue weighted by Crippen LogP contribution is -1.92. The van der Waals surface area contributed by atoms with Gasteiger partial charge < -0.3 is 20.6 Å². The first-order valence-electron chi connectivity index (χ1n) is 6.64. The van der Waals surface area contributed by atoms with Gasteiger partial charge in [-0.25, -0.2) is 9.18 Å². The van der Waals surface area contributed by atoms with Crippen LogP contribution in [-0.2, 0) is 0 Å². The molecule has 23 heavy (non-hydrogen) atoms. The Morgan fingerprint density at radius 2 is 2.00 bits per heavy atom. The van der Waals surface area contributed by atoms with Gasteiger partial charge in [0.1, 0.15) is 17.3 Å². The average Bonchev–Trinajstić information content (AvgIpc) is 3.01. The van der Waals surface area contributed by atoms with Crippen LogP contribution in [0.2, 0.25) is 0 Å². The van der Waals surface area contributed by atoms with E-state index in [0.717, 1.165) is 0 Å². The molecule has 6 nitrogen and oxygen atoms in total. The molecule has 3 aromatic rings. The summed E-state index contributed by atoms with van der Waals surface area (Å²) in [5, 5.41) is 8.93. The molecule has 0 aliphatic heterocycles. The van der Waals surface area contributed by atoms with E-state index in [1.54, 1.807) is 18.2 Å². The van der Waals surface area contributed by atoms with E-state index in [9.17, 15) is 9.18 Å². The highest BCUT2D eigenvalue weighted by molar-refractivity contribution is 5.89. The number of carboxylic acids is 1. The highest BCUT2D eigenvalue weighted by Crippen LogP contribution is 2.27. The Morgan fingerprint density at radius 3 is 2.70 bits per heavy atom. The van der Waals surface area contributed by atoms with Crippen molar-refractivity contribution in [1.29, 1.82) is 0 Å². The van der Waals surface area contributed by atoms with Crippen LogP contribution < -0.4 is 10.5 Å². The molecule has 0 saturated heterocycles. The molecule has 2 aromatic heterocycles. The number of carbonyl (C=O) groups is 1. The molecular weight excluding hydrogens is 301 g/mol. The van der Waals surface area contributed by atoms with Crippen molar-refractivity contribution in [3.63, 3.8) is 0 Å². The van der Waals surface area contributed by atoms with Crippen LogP contribution in [-0.4, -0.2) is 21.0 Å². The minimum atomic E-state index is -1.03. The van der Waals surface area contributed by atoms with Crippen LogP contribution in [0.25, 0.3) is 11.4 Å². The third kappa shape index (κ3) is 3.13. The Hall–Kier alpha value is -3.35.